The van der Waals surface area contributed by atoms with Crippen LogP contribution in [0.2, 0.25) is 0 Å². The average molecular weight is 379 g/mol. The van der Waals surface area contributed by atoms with Crippen LogP contribution in [0.4, 0.5) is 0 Å². The lowest BCUT2D eigenvalue weighted by atomic mass is 10.1. The number of ketones is 1. The van der Waals surface area contributed by atoms with E-state index >= 15 is 0 Å². The van der Waals surface area contributed by atoms with Gasteiger partial charge in [-0.3, -0.25) is 4.79 Å². The highest BCUT2D eigenvalue weighted by Gasteiger charge is 2.17. The van der Waals surface area contributed by atoms with Crippen LogP contribution in [-0.2, 0) is 11.0 Å². The molecule has 0 aliphatic heterocycles. The van der Waals surface area contributed by atoms with Crippen molar-refractivity contribution in [2.45, 2.75) is 4.90 Å². The van der Waals surface area contributed by atoms with Gasteiger partial charge in [0.25, 0.3) is 0 Å². The number of carbonyl (C=O) groups excluding carboxylic acids is 1. The number of halogens is 1. The van der Waals surface area contributed by atoms with Gasteiger partial charge < -0.3 is 4.90 Å². The number of Topliss-reactive ketones (excluding diaryl/α,β-unsaturated/α-hetero) is 1. The summed E-state index contributed by atoms with van der Waals surface area (Å²) in [6, 6.07) is 15.8. The van der Waals surface area contributed by atoms with Crippen molar-refractivity contribution in [3.8, 4) is 0 Å². The standard InChI is InChI=1S/C16H15BrN2O2S/c1-19(2)16(15(20)12-6-4-3-5-7-12)18-22(21)14-10-8-13(17)9-11-14/h3-11H,1-2H3/b18-16-. The van der Waals surface area contributed by atoms with E-state index in [2.05, 4.69) is 20.3 Å². The second-order valence-electron chi connectivity index (χ2n) is 4.71. The third-order valence-electron chi connectivity index (χ3n) is 2.85. The minimum atomic E-state index is -1.63. The number of likely N-dealkylation sites (N-methyl/N-ethyl adjacent to an activating group) is 1. The molecule has 22 heavy (non-hydrogen) atoms. The second kappa shape index (κ2) is 7.47. The van der Waals surface area contributed by atoms with Gasteiger partial charge in [-0.05, 0) is 24.3 Å². The summed E-state index contributed by atoms with van der Waals surface area (Å²) in [5.74, 6) is -0.0940. The number of amidine groups is 1. The average Bonchev–Trinajstić information content (AvgIpc) is 2.53. The fourth-order valence-corrected chi connectivity index (χ4v) is 2.87. The van der Waals surface area contributed by atoms with E-state index in [-0.39, 0.29) is 11.6 Å². The van der Waals surface area contributed by atoms with E-state index in [1.165, 1.54) is 0 Å². The molecule has 0 aliphatic rings. The van der Waals surface area contributed by atoms with E-state index in [1.54, 1.807) is 67.5 Å². The van der Waals surface area contributed by atoms with Crippen molar-refractivity contribution in [2.24, 2.45) is 4.40 Å². The Balaban J connectivity index is 2.33. The minimum Gasteiger partial charge on any atom is -0.359 e. The van der Waals surface area contributed by atoms with Crippen LogP contribution >= 0.6 is 15.9 Å². The molecule has 1 atom stereocenters. The Hall–Kier alpha value is -1.79. The van der Waals surface area contributed by atoms with E-state index in [9.17, 15) is 9.00 Å². The van der Waals surface area contributed by atoms with Crippen LogP contribution in [0.3, 0.4) is 0 Å². The summed E-state index contributed by atoms with van der Waals surface area (Å²) in [5.41, 5.74) is 0.516. The fraction of sp³-hybridized carbons (Fsp3) is 0.125. The van der Waals surface area contributed by atoms with Crippen molar-refractivity contribution in [1.29, 1.82) is 0 Å². The van der Waals surface area contributed by atoms with Gasteiger partial charge in [0.05, 0.1) is 4.90 Å². The molecule has 0 bridgehead atoms. The summed E-state index contributed by atoms with van der Waals surface area (Å²) in [5, 5.41) is 0. The van der Waals surface area contributed by atoms with Crippen LogP contribution in [0.15, 0.2) is 68.4 Å². The zero-order valence-electron chi connectivity index (χ0n) is 12.2. The smallest absolute Gasteiger partial charge is 0.228 e. The molecule has 2 rings (SSSR count). The SMILES string of the molecule is CN(C)/C(=N\S(=O)c1ccc(Br)cc1)C(=O)c1ccccc1. The van der Waals surface area contributed by atoms with Gasteiger partial charge in [0, 0.05) is 24.1 Å². The van der Waals surface area contributed by atoms with Gasteiger partial charge in [-0.2, -0.15) is 4.40 Å². The molecule has 0 amide bonds. The van der Waals surface area contributed by atoms with E-state index in [0.29, 0.717) is 10.5 Å². The molecule has 0 saturated carbocycles. The highest BCUT2D eigenvalue weighted by Crippen LogP contribution is 2.15. The number of hydrogen-bond acceptors (Lipinski definition) is 2. The molecule has 0 N–H and O–H groups in total. The largest absolute Gasteiger partial charge is 0.359 e. The predicted molar refractivity (Wildman–Crippen MR) is 92.4 cm³/mol. The highest BCUT2D eigenvalue weighted by atomic mass is 79.9. The monoisotopic (exact) mass is 378 g/mol. The fourth-order valence-electron chi connectivity index (χ4n) is 1.73. The van der Waals surface area contributed by atoms with Crippen LogP contribution in [0, 0.1) is 0 Å². The van der Waals surface area contributed by atoms with Crippen molar-refractivity contribution in [2.75, 3.05) is 14.1 Å². The Morgan fingerprint density at radius 1 is 1.05 bits per heavy atom. The van der Waals surface area contributed by atoms with Crippen molar-refractivity contribution in [1.82, 2.24) is 4.90 Å². The molecule has 0 spiro atoms. The van der Waals surface area contributed by atoms with Gasteiger partial charge in [-0.1, -0.05) is 46.3 Å². The molecule has 0 saturated heterocycles. The molecule has 4 nitrogen and oxygen atoms in total. The summed E-state index contributed by atoms with van der Waals surface area (Å²) in [4.78, 5) is 14.6. The summed E-state index contributed by atoms with van der Waals surface area (Å²) >= 11 is 3.33. The lowest BCUT2D eigenvalue weighted by molar-refractivity contribution is 0.105. The van der Waals surface area contributed by atoms with Crippen molar-refractivity contribution >= 4 is 38.5 Å². The number of hydrogen-bond donors (Lipinski definition) is 0. The van der Waals surface area contributed by atoms with Crippen molar-refractivity contribution in [3.63, 3.8) is 0 Å². The molecule has 0 radical (unpaired) electrons. The molecule has 0 aromatic heterocycles. The second-order valence-corrected chi connectivity index (χ2v) is 6.78. The molecule has 2 aromatic rings. The van der Waals surface area contributed by atoms with Crippen LogP contribution in [0.1, 0.15) is 10.4 Å². The summed E-state index contributed by atoms with van der Waals surface area (Å²) in [6.07, 6.45) is 0. The number of carbonyl (C=O) groups is 1. The lowest BCUT2D eigenvalue weighted by Crippen LogP contribution is -2.30. The van der Waals surface area contributed by atoms with Crippen LogP contribution in [-0.4, -0.2) is 34.8 Å². The maximum atomic E-state index is 12.5. The first kappa shape index (κ1) is 16.6. The molecule has 1 unspecified atom stereocenters. The highest BCUT2D eigenvalue weighted by molar-refractivity contribution is 9.10. The Kier molecular flexibility index (Phi) is 5.63. The third-order valence-corrected chi connectivity index (χ3v) is 4.39. The molecule has 2 aromatic carbocycles. The van der Waals surface area contributed by atoms with Crippen LogP contribution in [0.25, 0.3) is 0 Å². The Bertz CT molecular complexity index is 713. The number of rotatable bonds is 4. The van der Waals surface area contributed by atoms with Gasteiger partial charge in [-0.25, -0.2) is 4.21 Å². The van der Waals surface area contributed by atoms with E-state index in [4.69, 9.17) is 0 Å². The van der Waals surface area contributed by atoms with E-state index in [1.807, 2.05) is 6.07 Å². The zero-order valence-corrected chi connectivity index (χ0v) is 14.6. The van der Waals surface area contributed by atoms with Crippen molar-refractivity contribution < 1.29 is 9.00 Å². The van der Waals surface area contributed by atoms with Gasteiger partial charge >= 0.3 is 0 Å². The maximum Gasteiger partial charge on any atom is 0.228 e. The first-order valence-corrected chi connectivity index (χ1v) is 8.42. The maximum absolute atomic E-state index is 12.5. The van der Waals surface area contributed by atoms with Crippen LogP contribution < -0.4 is 0 Å². The van der Waals surface area contributed by atoms with Crippen LogP contribution in [0.5, 0.6) is 0 Å². The lowest BCUT2D eigenvalue weighted by Gasteiger charge is -2.14. The normalized spacial score (nSPS) is 12.8. The molecular weight excluding hydrogens is 364 g/mol. The van der Waals surface area contributed by atoms with E-state index in [0.717, 1.165) is 4.47 Å². The topological polar surface area (TPSA) is 49.7 Å². The Morgan fingerprint density at radius 3 is 2.18 bits per heavy atom. The van der Waals surface area contributed by atoms with Gasteiger partial charge in [0.1, 0.15) is 0 Å². The molecule has 114 valence electrons. The zero-order chi connectivity index (χ0) is 16.1. The molecule has 6 heteroatoms. The van der Waals surface area contributed by atoms with Gasteiger partial charge in [0.2, 0.25) is 5.78 Å². The van der Waals surface area contributed by atoms with Gasteiger partial charge in [-0.15, -0.1) is 0 Å². The Labute approximate surface area is 140 Å². The first-order valence-electron chi connectivity index (χ1n) is 6.52. The third kappa shape index (κ3) is 4.11. The van der Waals surface area contributed by atoms with E-state index < -0.39 is 11.0 Å². The predicted octanol–water partition coefficient (Wildman–Crippen LogP) is 3.31. The number of nitrogens with zero attached hydrogens (tertiary/aromatic N) is 2. The number of benzene rings is 2. The summed E-state index contributed by atoms with van der Waals surface area (Å²) in [6.45, 7) is 0. The molecule has 0 aliphatic carbocycles. The van der Waals surface area contributed by atoms with Gasteiger partial charge in [0.15, 0.2) is 16.8 Å². The summed E-state index contributed by atoms with van der Waals surface area (Å²) in [7, 11) is 1.78. The molecule has 0 heterocycles. The Morgan fingerprint density at radius 2 is 1.64 bits per heavy atom. The molecular formula is C16H15BrN2O2S. The summed E-state index contributed by atoms with van der Waals surface area (Å²) < 4.78 is 17.3. The molecule has 0 fully saturated rings. The minimum absolute atomic E-state index is 0.160. The quantitative estimate of drug-likeness (QED) is 0.465. The van der Waals surface area contributed by atoms with Crippen molar-refractivity contribution in [3.05, 3.63) is 64.6 Å². The first-order chi connectivity index (χ1) is 10.5.